The molecule has 33 heavy (non-hydrogen) atoms. The highest BCUT2D eigenvalue weighted by atomic mass is 35.5. The Morgan fingerprint density at radius 2 is 2.03 bits per heavy atom. The molecule has 9 nitrogen and oxygen atoms in total. The van der Waals surface area contributed by atoms with Crippen molar-refractivity contribution in [3.05, 3.63) is 57.0 Å². The molecule has 12 heteroatoms. The second kappa shape index (κ2) is 8.56. The number of rotatable bonds is 5. The molecule has 0 bridgehead atoms. The van der Waals surface area contributed by atoms with Crippen molar-refractivity contribution >= 4 is 44.6 Å². The number of anilines is 1. The maximum atomic E-state index is 13.4. The Hall–Kier alpha value is -2.73. The molecular weight excluding hydrogens is 488 g/mol. The van der Waals surface area contributed by atoms with Crippen LogP contribution in [0.4, 0.5) is 5.69 Å². The van der Waals surface area contributed by atoms with Gasteiger partial charge < -0.3 is 14.8 Å². The van der Waals surface area contributed by atoms with Gasteiger partial charge in [-0.3, -0.25) is 4.79 Å². The van der Waals surface area contributed by atoms with Crippen LogP contribution in [0.15, 0.2) is 41.3 Å². The molecule has 172 valence electrons. The van der Waals surface area contributed by atoms with Crippen molar-refractivity contribution in [1.29, 1.82) is 0 Å². The number of nitrogens with zero attached hydrogens (tertiary/aromatic N) is 3. The molecule has 1 saturated heterocycles. The predicted molar refractivity (Wildman–Crippen MR) is 122 cm³/mol. The van der Waals surface area contributed by atoms with Crippen LogP contribution in [0, 0.1) is 6.92 Å². The summed E-state index contributed by atoms with van der Waals surface area (Å²) < 4.78 is 38.8. The lowest BCUT2D eigenvalue weighted by molar-refractivity contribution is 0.102. The summed E-state index contributed by atoms with van der Waals surface area (Å²) in [5.74, 6) is 0.730. The second-order valence-electron chi connectivity index (χ2n) is 7.60. The standard InChI is InChI=1S/C21H19ClN4O5S2/c1-12-14(22)4-2-6-18(12)33(28,29)26-9-3-5-15(26)20-24-25-21(32-20)19(27)23-13-7-8-16-17(10-13)31-11-30-16/h2,4,6-8,10,15H,3,5,9,11H2,1H3,(H,23,27)/t15-/m1/s1. The fraction of sp³-hybridized carbons (Fsp3) is 0.286. The third kappa shape index (κ3) is 4.05. The van der Waals surface area contributed by atoms with E-state index in [0.29, 0.717) is 52.2 Å². The summed E-state index contributed by atoms with van der Waals surface area (Å²) in [6, 6.07) is 9.42. The summed E-state index contributed by atoms with van der Waals surface area (Å²) in [4.78, 5) is 12.9. The van der Waals surface area contributed by atoms with Crippen LogP contribution in [0.25, 0.3) is 0 Å². The van der Waals surface area contributed by atoms with E-state index in [1.807, 2.05) is 0 Å². The summed E-state index contributed by atoms with van der Waals surface area (Å²) in [5, 5.41) is 11.9. The van der Waals surface area contributed by atoms with E-state index in [1.165, 1.54) is 4.31 Å². The van der Waals surface area contributed by atoms with Crippen molar-refractivity contribution < 1.29 is 22.7 Å². The maximum Gasteiger partial charge on any atom is 0.286 e. The number of halogens is 1. The molecule has 0 unspecified atom stereocenters. The summed E-state index contributed by atoms with van der Waals surface area (Å²) >= 11 is 7.24. The number of sulfonamides is 1. The molecule has 1 N–H and O–H groups in total. The van der Waals surface area contributed by atoms with Crippen molar-refractivity contribution in [3.8, 4) is 11.5 Å². The molecule has 3 aromatic rings. The lowest BCUT2D eigenvalue weighted by atomic mass is 10.2. The van der Waals surface area contributed by atoms with Crippen LogP contribution in [0.1, 0.15) is 39.3 Å². The van der Waals surface area contributed by atoms with Gasteiger partial charge in [0.15, 0.2) is 11.5 Å². The Morgan fingerprint density at radius 1 is 1.21 bits per heavy atom. The van der Waals surface area contributed by atoms with E-state index in [2.05, 4.69) is 15.5 Å². The van der Waals surface area contributed by atoms with Crippen LogP contribution in [0.5, 0.6) is 11.5 Å². The molecule has 0 spiro atoms. The number of hydrogen-bond donors (Lipinski definition) is 1. The van der Waals surface area contributed by atoms with Crippen molar-refractivity contribution in [2.45, 2.75) is 30.7 Å². The Labute approximate surface area is 199 Å². The van der Waals surface area contributed by atoms with Crippen molar-refractivity contribution in [3.63, 3.8) is 0 Å². The van der Waals surface area contributed by atoms with Gasteiger partial charge in [0.1, 0.15) is 5.01 Å². The maximum absolute atomic E-state index is 13.4. The van der Waals surface area contributed by atoms with Gasteiger partial charge in [-0.15, -0.1) is 10.2 Å². The molecule has 1 fully saturated rings. The van der Waals surface area contributed by atoms with E-state index in [9.17, 15) is 13.2 Å². The number of carbonyl (C=O) groups is 1. The fourth-order valence-electron chi connectivity index (χ4n) is 3.89. The number of amides is 1. The topological polar surface area (TPSA) is 111 Å². The molecule has 1 atom stereocenters. The van der Waals surface area contributed by atoms with E-state index in [1.54, 1.807) is 43.3 Å². The first-order chi connectivity index (χ1) is 15.8. The molecule has 0 radical (unpaired) electrons. The highest BCUT2D eigenvalue weighted by Gasteiger charge is 2.39. The lowest BCUT2D eigenvalue weighted by Crippen LogP contribution is -2.31. The van der Waals surface area contributed by atoms with Gasteiger partial charge in [0.05, 0.1) is 10.9 Å². The number of hydrogen-bond acceptors (Lipinski definition) is 8. The molecular formula is C21H19ClN4O5S2. The zero-order chi connectivity index (χ0) is 23.2. The Balaban J connectivity index is 1.36. The van der Waals surface area contributed by atoms with Crippen LogP contribution in [-0.4, -0.2) is 42.2 Å². The van der Waals surface area contributed by atoms with E-state index < -0.39 is 22.0 Å². The van der Waals surface area contributed by atoms with Gasteiger partial charge in [-0.2, -0.15) is 4.31 Å². The number of ether oxygens (including phenoxy) is 2. The van der Waals surface area contributed by atoms with Crippen LogP contribution in [0.3, 0.4) is 0 Å². The minimum absolute atomic E-state index is 0.141. The highest BCUT2D eigenvalue weighted by molar-refractivity contribution is 7.89. The van der Waals surface area contributed by atoms with Crippen LogP contribution in [-0.2, 0) is 10.0 Å². The average Bonchev–Trinajstić information content (AvgIpc) is 3.54. The van der Waals surface area contributed by atoms with Gasteiger partial charge in [-0.1, -0.05) is 29.0 Å². The second-order valence-corrected chi connectivity index (χ2v) is 10.9. The van der Waals surface area contributed by atoms with E-state index >= 15 is 0 Å². The Morgan fingerprint density at radius 3 is 2.88 bits per heavy atom. The smallest absolute Gasteiger partial charge is 0.286 e. The third-order valence-corrected chi connectivity index (χ3v) is 9.04. The zero-order valence-corrected chi connectivity index (χ0v) is 19.8. The van der Waals surface area contributed by atoms with Gasteiger partial charge in [0.2, 0.25) is 21.8 Å². The predicted octanol–water partition coefficient (Wildman–Crippen LogP) is 4.01. The summed E-state index contributed by atoms with van der Waals surface area (Å²) in [6.45, 7) is 2.18. The number of fused-ring (bicyclic) bond motifs is 1. The van der Waals surface area contributed by atoms with Gasteiger partial charge in [0, 0.05) is 23.3 Å². The zero-order valence-electron chi connectivity index (χ0n) is 17.4. The molecule has 5 rings (SSSR count). The number of carbonyl (C=O) groups excluding carboxylic acids is 1. The molecule has 0 aliphatic carbocycles. The molecule has 3 heterocycles. The van der Waals surface area contributed by atoms with Crippen molar-refractivity contribution in [1.82, 2.24) is 14.5 Å². The lowest BCUT2D eigenvalue weighted by Gasteiger charge is -2.23. The van der Waals surface area contributed by atoms with Crippen LogP contribution < -0.4 is 14.8 Å². The minimum atomic E-state index is -3.79. The molecule has 2 aliphatic heterocycles. The van der Waals surface area contributed by atoms with Crippen molar-refractivity contribution in [2.75, 3.05) is 18.7 Å². The summed E-state index contributed by atoms with van der Waals surface area (Å²) in [6.07, 6.45) is 1.28. The Bertz CT molecular complexity index is 1340. The van der Waals surface area contributed by atoms with Crippen LogP contribution in [0.2, 0.25) is 5.02 Å². The summed E-state index contributed by atoms with van der Waals surface area (Å²) in [7, 11) is -3.79. The minimum Gasteiger partial charge on any atom is -0.454 e. The quantitative estimate of drug-likeness (QED) is 0.556. The van der Waals surface area contributed by atoms with Gasteiger partial charge >= 0.3 is 0 Å². The highest BCUT2D eigenvalue weighted by Crippen LogP contribution is 2.39. The Kier molecular flexibility index (Phi) is 5.73. The third-order valence-electron chi connectivity index (χ3n) is 5.56. The summed E-state index contributed by atoms with van der Waals surface area (Å²) in [5.41, 5.74) is 1.04. The largest absolute Gasteiger partial charge is 0.454 e. The normalized spacial score (nSPS) is 17.9. The molecule has 2 aliphatic rings. The first-order valence-corrected chi connectivity index (χ1v) is 12.8. The fourth-order valence-corrected chi connectivity index (χ4v) is 6.98. The first kappa shape index (κ1) is 22.1. The van der Waals surface area contributed by atoms with E-state index in [4.69, 9.17) is 21.1 Å². The molecule has 1 amide bonds. The monoisotopic (exact) mass is 506 g/mol. The number of benzene rings is 2. The SMILES string of the molecule is Cc1c(Cl)cccc1S(=O)(=O)N1CCC[C@@H]1c1nnc(C(=O)Nc2ccc3c(c2)OCO3)s1. The van der Waals surface area contributed by atoms with Crippen LogP contribution >= 0.6 is 22.9 Å². The van der Waals surface area contributed by atoms with Crippen molar-refractivity contribution in [2.24, 2.45) is 0 Å². The molecule has 2 aromatic carbocycles. The number of nitrogens with one attached hydrogen (secondary N) is 1. The number of aromatic nitrogens is 2. The average molecular weight is 507 g/mol. The molecule has 0 saturated carbocycles. The first-order valence-electron chi connectivity index (χ1n) is 10.2. The van der Waals surface area contributed by atoms with Gasteiger partial charge in [0.25, 0.3) is 5.91 Å². The van der Waals surface area contributed by atoms with Gasteiger partial charge in [-0.25, -0.2) is 8.42 Å². The van der Waals surface area contributed by atoms with E-state index in [-0.39, 0.29) is 16.7 Å². The molecule has 1 aromatic heterocycles. The van der Waals surface area contributed by atoms with E-state index in [0.717, 1.165) is 11.3 Å². The van der Waals surface area contributed by atoms with Gasteiger partial charge in [-0.05, 0) is 49.6 Å².